The molecule has 0 heterocycles. The van der Waals surface area contributed by atoms with Gasteiger partial charge in [0, 0.05) is 5.92 Å². The van der Waals surface area contributed by atoms with Gasteiger partial charge in [-0.1, -0.05) is 13.3 Å². The van der Waals surface area contributed by atoms with E-state index in [9.17, 15) is 9.59 Å². The van der Waals surface area contributed by atoms with Crippen LogP contribution in [0, 0.1) is 5.92 Å². The second-order valence-corrected chi connectivity index (χ2v) is 2.28. The minimum atomic E-state index is -0.898. The van der Waals surface area contributed by atoms with Crippen LogP contribution in [-0.2, 0) is 9.59 Å². The van der Waals surface area contributed by atoms with Crippen LogP contribution in [0.25, 0.3) is 0 Å². The predicted molar refractivity (Wildman–Crippen MR) is 36.7 cm³/mol. The molecule has 0 saturated carbocycles. The molecule has 0 saturated heterocycles. The van der Waals surface area contributed by atoms with E-state index in [2.05, 4.69) is 0 Å². The van der Waals surface area contributed by atoms with Crippen LogP contribution < -0.4 is 0 Å². The Bertz CT molecular complexity index is 120. The zero-order valence-electron chi connectivity index (χ0n) is 6.04. The molecule has 0 spiro atoms. The normalized spacial score (nSPS) is 12.5. The van der Waals surface area contributed by atoms with Crippen LogP contribution in [0.15, 0.2) is 0 Å². The summed E-state index contributed by atoms with van der Waals surface area (Å²) < 4.78 is 0. The summed E-state index contributed by atoms with van der Waals surface area (Å²) in [7, 11) is 0. The van der Waals surface area contributed by atoms with Crippen LogP contribution in [0.3, 0.4) is 0 Å². The smallest absolute Gasteiger partial charge is 0.304 e. The molecule has 0 aromatic rings. The van der Waals surface area contributed by atoms with Crippen molar-refractivity contribution >= 4 is 12.3 Å². The van der Waals surface area contributed by atoms with Gasteiger partial charge in [0.05, 0.1) is 6.42 Å². The Hall–Kier alpha value is -0.860. The monoisotopic (exact) mass is 144 g/mol. The molecule has 1 atom stereocenters. The Labute approximate surface area is 60.0 Å². The molecule has 3 heteroatoms. The van der Waals surface area contributed by atoms with Crippen molar-refractivity contribution in [3.63, 3.8) is 0 Å². The fourth-order valence-electron chi connectivity index (χ4n) is 0.813. The molecular weight excluding hydrogens is 132 g/mol. The number of aliphatic carboxylic acids is 1. The first kappa shape index (κ1) is 9.14. The molecule has 0 rings (SSSR count). The van der Waals surface area contributed by atoms with Gasteiger partial charge in [-0.3, -0.25) is 4.79 Å². The molecule has 3 nitrogen and oxygen atoms in total. The molecule has 0 aliphatic heterocycles. The highest BCUT2D eigenvalue weighted by Gasteiger charge is 2.09. The van der Waals surface area contributed by atoms with Gasteiger partial charge >= 0.3 is 5.97 Å². The summed E-state index contributed by atoms with van der Waals surface area (Å²) in [6.45, 7) is 1.93. The van der Waals surface area contributed by atoms with Crippen molar-refractivity contribution < 1.29 is 14.7 Å². The predicted octanol–water partition coefficient (Wildman–Crippen LogP) is 1.08. The number of hydrogen-bond acceptors (Lipinski definition) is 2. The number of aldehydes is 1. The summed E-state index contributed by atoms with van der Waals surface area (Å²) in [5.41, 5.74) is 0. The van der Waals surface area contributed by atoms with Gasteiger partial charge in [0.25, 0.3) is 0 Å². The van der Waals surface area contributed by atoms with E-state index in [0.717, 1.165) is 12.7 Å². The third kappa shape index (κ3) is 4.06. The first-order valence-electron chi connectivity index (χ1n) is 3.37. The standard InChI is InChI=1S/C7H12O3/c1-2-3-6(5-8)4-7(9)10/h5-6H,2-4H2,1H3,(H,9,10)/t6-/m1/s1. The zero-order chi connectivity index (χ0) is 7.98. The van der Waals surface area contributed by atoms with E-state index in [4.69, 9.17) is 5.11 Å². The molecule has 0 unspecified atom stereocenters. The summed E-state index contributed by atoms with van der Waals surface area (Å²) in [5.74, 6) is -1.19. The maximum atomic E-state index is 10.2. The molecule has 0 amide bonds. The van der Waals surface area contributed by atoms with Crippen LogP contribution >= 0.6 is 0 Å². The lowest BCUT2D eigenvalue weighted by atomic mass is 10.0. The fraction of sp³-hybridized carbons (Fsp3) is 0.714. The molecule has 0 aliphatic rings. The van der Waals surface area contributed by atoms with Crippen molar-refractivity contribution in [1.29, 1.82) is 0 Å². The highest BCUT2D eigenvalue weighted by atomic mass is 16.4. The molecule has 1 N–H and O–H groups in total. The summed E-state index contributed by atoms with van der Waals surface area (Å²) in [5, 5.41) is 8.28. The number of carboxylic acids is 1. The lowest BCUT2D eigenvalue weighted by Crippen LogP contribution is -2.08. The minimum absolute atomic E-state index is 0.0304. The van der Waals surface area contributed by atoms with Gasteiger partial charge in [-0.05, 0) is 6.42 Å². The number of carbonyl (C=O) groups is 2. The number of carbonyl (C=O) groups excluding carboxylic acids is 1. The number of hydrogen-bond donors (Lipinski definition) is 1. The van der Waals surface area contributed by atoms with Crippen LogP contribution in [-0.4, -0.2) is 17.4 Å². The van der Waals surface area contributed by atoms with Crippen molar-refractivity contribution in [2.75, 3.05) is 0 Å². The zero-order valence-corrected chi connectivity index (χ0v) is 6.04. The van der Waals surface area contributed by atoms with Crippen molar-refractivity contribution in [1.82, 2.24) is 0 Å². The highest BCUT2D eigenvalue weighted by Crippen LogP contribution is 2.07. The molecule has 0 radical (unpaired) electrons. The van der Waals surface area contributed by atoms with Crippen molar-refractivity contribution in [2.45, 2.75) is 26.2 Å². The van der Waals surface area contributed by atoms with E-state index in [1.807, 2.05) is 6.92 Å². The number of rotatable bonds is 5. The molecular formula is C7H12O3. The molecule has 0 fully saturated rings. The molecule has 10 heavy (non-hydrogen) atoms. The topological polar surface area (TPSA) is 54.4 Å². The Morgan fingerprint density at radius 3 is 2.60 bits per heavy atom. The first-order valence-corrected chi connectivity index (χ1v) is 3.37. The van der Waals surface area contributed by atoms with E-state index in [0.29, 0.717) is 6.42 Å². The quantitative estimate of drug-likeness (QED) is 0.587. The molecule has 0 aromatic carbocycles. The highest BCUT2D eigenvalue weighted by molar-refractivity contribution is 5.71. The van der Waals surface area contributed by atoms with E-state index >= 15 is 0 Å². The van der Waals surface area contributed by atoms with Crippen LogP contribution in [0.1, 0.15) is 26.2 Å². The van der Waals surface area contributed by atoms with Crippen molar-refractivity contribution in [3.05, 3.63) is 0 Å². The third-order valence-corrected chi connectivity index (χ3v) is 1.29. The Kier molecular flexibility index (Phi) is 4.54. The lowest BCUT2D eigenvalue weighted by Gasteiger charge is -2.02. The average Bonchev–Trinajstić information content (AvgIpc) is 1.86. The lowest BCUT2D eigenvalue weighted by molar-refractivity contribution is -0.139. The van der Waals surface area contributed by atoms with Gasteiger partial charge in [-0.2, -0.15) is 0 Å². The summed E-state index contributed by atoms with van der Waals surface area (Å²) in [4.78, 5) is 20.3. The van der Waals surface area contributed by atoms with Crippen LogP contribution in [0.4, 0.5) is 0 Å². The molecule has 0 bridgehead atoms. The Morgan fingerprint density at radius 2 is 2.30 bits per heavy atom. The van der Waals surface area contributed by atoms with Crippen molar-refractivity contribution in [2.24, 2.45) is 5.92 Å². The SMILES string of the molecule is CCC[C@@H](C=O)CC(=O)O. The van der Waals surface area contributed by atoms with E-state index in [-0.39, 0.29) is 12.3 Å². The maximum absolute atomic E-state index is 10.2. The Morgan fingerprint density at radius 1 is 1.70 bits per heavy atom. The van der Waals surface area contributed by atoms with Crippen LogP contribution in [0.5, 0.6) is 0 Å². The number of carboxylic acid groups (broad SMARTS) is 1. The van der Waals surface area contributed by atoms with E-state index in [1.54, 1.807) is 0 Å². The van der Waals surface area contributed by atoms with Gasteiger partial charge < -0.3 is 9.90 Å². The molecule has 0 aliphatic carbocycles. The molecule has 58 valence electrons. The fourth-order valence-corrected chi connectivity index (χ4v) is 0.813. The van der Waals surface area contributed by atoms with Gasteiger partial charge in [0.15, 0.2) is 0 Å². The average molecular weight is 144 g/mol. The van der Waals surface area contributed by atoms with Gasteiger partial charge in [-0.25, -0.2) is 0 Å². The van der Waals surface area contributed by atoms with E-state index in [1.165, 1.54) is 0 Å². The van der Waals surface area contributed by atoms with Gasteiger partial charge in [0.1, 0.15) is 6.29 Å². The summed E-state index contributed by atoms with van der Waals surface area (Å²) in [6.07, 6.45) is 2.22. The summed E-state index contributed by atoms with van der Waals surface area (Å²) in [6, 6.07) is 0. The second kappa shape index (κ2) is 4.97. The third-order valence-electron chi connectivity index (χ3n) is 1.29. The second-order valence-electron chi connectivity index (χ2n) is 2.28. The van der Waals surface area contributed by atoms with E-state index < -0.39 is 5.97 Å². The minimum Gasteiger partial charge on any atom is -0.481 e. The van der Waals surface area contributed by atoms with Gasteiger partial charge in [-0.15, -0.1) is 0 Å². The van der Waals surface area contributed by atoms with Gasteiger partial charge in [0.2, 0.25) is 0 Å². The maximum Gasteiger partial charge on any atom is 0.304 e. The first-order chi connectivity index (χ1) is 4.70. The van der Waals surface area contributed by atoms with Crippen LogP contribution in [0.2, 0.25) is 0 Å². The van der Waals surface area contributed by atoms with Crippen molar-refractivity contribution in [3.8, 4) is 0 Å². The summed E-state index contributed by atoms with van der Waals surface area (Å²) >= 11 is 0. The molecule has 0 aromatic heterocycles. The Balaban J connectivity index is 3.59. The largest absolute Gasteiger partial charge is 0.481 e.